The van der Waals surface area contributed by atoms with Crippen LogP contribution in [-0.2, 0) is 9.59 Å². The first kappa shape index (κ1) is 17.7. The van der Waals surface area contributed by atoms with Crippen LogP contribution in [0.5, 0.6) is 11.5 Å². The van der Waals surface area contributed by atoms with E-state index in [0.717, 1.165) is 0 Å². The van der Waals surface area contributed by atoms with Crippen molar-refractivity contribution in [1.29, 1.82) is 0 Å². The molecule has 0 aliphatic heterocycles. The number of phenolic OH excluding ortho intramolecular Hbond substituents is 2. The zero-order valence-electron chi connectivity index (χ0n) is 13.1. The van der Waals surface area contributed by atoms with E-state index < -0.39 is 18.2 Å². The first-order valence-corrected chi connectivity index (χ1v) is 7.25. The van der Waals surface area contributed by atoms with Gasteiger partial charge in [0.05, 0.1) is 12.4 Å². The van der Waals surface area contributed by atoms with Crippen molar-refractivity contribution in [2.75, 3.05) is 0 Å². The summed E-state index contributed by atoms with van der Waals surface area (Å²) in [4.78, 5) is 23.1. The highest BCUT2D eigenvalue weighted by atomic mass is 16.3. The molecule has 0 bridgehead atoms. The minimum Gasteiger partial charge on any atom is -0.508 e. The van der Waals surface area contributed by atoms with E-state index in [4.69, 9.17) is 10.2 Å². The van der Waals surface area contributed by atoms with E-state index in [2.05, 4.69) is 21.1 Å². The summed E-state index contributed by atoms with van der Waals surface area (Å²) in [5.74, 6) is -0.920. The summed E-state index contributed by atoms with van der Waals surface area (Å²) in [5, 5.41) is 25.7. The Morgan fingerprint density at radius 2 is 1.12 bits per heavy atom. The third kappa shape index (κ3) is 6.53. The Bertz CT molecular complexity index is 716. The number of benzene rings is 2. The van der Waals surface area contributed by atoms with Crippen LogP contribution >= 0.6 is 0 Å². The number of rotatable bonds is 6. The fraction of sp³-hybridized carbons (Fsp3) is 0.0588. The summed E-state index contributed by atoms with van der Waals surface area (Å²) < 4.78 is 0. The third-order valence-electron chi connectivity index (χ3n) is 2.91. The van der Waals surface area contributed by atoms with Crippen LogP contribution in [0.1, 0.15) is 17.5 Å². The molecule has 0 spiro atoms. The molecule has 0 aliphatic carbocycles. The second-order valence-electron chi connectivity index (χ2n) is 4.95. The largest absolute Gasteiger partial charge is 0.508 e. The minimum absolute atomic E-state index is 0.130. The third-order valence-corrected chi connectivity index (χ3v) is 2.91. The lowest BCUT2D eigenvalue weighted by Gasteiger charge is -1.99. The second-order valence-corrected chi connectivity index (χ2v) is 4.95. The van der Waals surface area contributed by atoms with E-state index >= 15 is 0 Å². The van der Waals surface area contributed by atoms with E-state index in [0.29, 0.717) is 11.1 Å². The van der Waals surface area contributed by atoms with Crippen LogP contribution in [0, 0.1) is 0 Å². The topological polar surface area (TPSA) is 123 Å². The highest BCUT2D eigenvalue weighted by Crippen LogP contribution is 2.08. The SMILES string of the molecule is O=C(CC(=O)N/N=C/c1ccc(O)cc1)N/N=C/c1ccc(O)cc1. The van der Waals surface area contributed by atoms with Gasteiger partial charge < -0.3 is 10.2 Å². The molecule has 4 N–H and O–H groups in total. The standard InChI is InChI=1S/C17H16N4O4/c22-14-5-1-12(2-6-14)10-18-20-16(24)9-17(25)21-19-11-13-3-7-15(23)8-4-13/h1-8,10-11,22-23H,9H2,(H,20,24)(H,21,25)/b18-10+,19-11+. The van der Waals surface area contributed by atoms with Crippen molar-refractivity contribution in [3.8, 4) is 11.5 Å². The zero-order chi connectivity index (χ0) is 18.1. The molecule has 0 fully saturated rings. The Balaban J connectivity index is 1.73. The molecule has 0 aromatic heterocycles. The number of carbonyl (C=O) groups excluding carboxylic acids is 2. The molecule has 2 aromatic rings. The number of hydrogen-bond acceptors (Lipinski definition) is 6. The quantitative estimate of drug-likeness (QED) is 0.357. The molecule has 0 aliphatic rings. The van der Waals surface area contributed by atoms with Gasteiger partial charge >= 0.3 is 0 Å². The van der Waals surface area contributed by atoms with Crippen LogP contribution in [0.2, 0.25) is 0 Å². The molecule has 8 nitrogen and oxygen atoms in total. The predicted octanol–water partition coefficient (Wildman–Crippen LogP) is 1.09. The van der Waals surface area contributed by atoms with Gasteiger partial charge in [-0.25, -0.2) is 10.9 Å². The lowest BCUT2D eigenvalue weighted by Crippen LogP contribution is -2.27. The number of nitrogens with one attached hydrogen (secondary N) is 2. The van der Waals surface area contributed by atoms with Gasteiger partial charge in [0.25, 0.3) is 0 Å². The minimum atomic E-state index is -0.590. The second kappa shape index (κ2) is 8.82. The number of aromatic hydroxyl groups is 2. The van der Waals surface area contributed by atoms with E-state index in [9.17, 15) is 9.59 Å². The van der Waals surface area contributed by atoms with Gasteiger partial charge in [-0.1, -0.05) is 0 Å². The van der Waals surface area contributed by atoms with E-state index in [-0.39, 0.29) is 11.5 Å². The molecule has 0 saturated heterocycles. The molecule has 128 valence electrons. The fourth-order valence-electron chi connectivity index (χ4n) is 1.70. The zero-order valence-corrected chi connectivity index (χ0v) is 13.1. The van der Waals surface area contributed by atoms with Crippen LogP contribution in [-0.4, -0.2) is 34.5 Å². The van der Waals surface area contributed by atoms with E-state index in [1.807, 2.05) is 0 Å². The molecule has 0 radical (unpaired) electrons. The molecule has 8 heteroatoms. The molecular formula is C17H16N4O4. The number of carbonyl (C=O) groups is 2. The van der Waals surface area contributed by atoms with Crippen molar-refractivity contribution in [2.24, 2.45) is 10.2 Å². The Kier molecular flexibility index (Phi) is 6.24. The highest BCUT2D eigenvalue weighted by Gasteiger charge is 2.07. The fourth-order valence-corrected chi connectivity index (χ4v) is 1.70. The molecule has 0 unspecified atom stereocenters. The summed E-state index contributed by atoms with van der Waals surface area (Å²) in [5.41, 5.74) is 5.80. The molecule has 2 amide bonds. The van der Waals surface area contributed by atoms with Crippen molar-refractivity contribution >= 4 is 24.2 Å². The number of amides is 2. The Hall–Kier alpha value is -3.68. The summed E-state index contributed by atoms with van der Waals surface area (Å²) >= 11 is 0. The molecule has 0 heterocycles. The number of phenols is 2. The monoisotopic (exact) mass is 340 g/mol. The van der Waals surface area contributed by atoms with Crippen LogP contribution in [0.25, 0.3) is 0 Å². The summed E-state index contributed by atoms with van der Waals surface area (Å²) in [6.07, 6.45) is 2.34. The summed E-state index contributed by atoms with van der Waals surface area (Å²) in [6.45, 7) is 0. The van der Waals surface area contributed by atoms with Crippen LogP contribution < -0.4 is 10.9 Å². The lowest BCUT2D eigenvalue weighted by molar-refractivity contribution is -0.129. The van der Waals surface area contributed by atoms with Gasteiger partial charge in [-0.3, -0.25) is 9.59 Å². The maximum absolute atomic E-state index is 11.6. The smallest absolute Gasteiger partial charge is 0.249 e. The average molecular weight is 340 g/mol. The van der Waals surface area contributed by atoms with Crippen LogP contribution in [0.15, 0.2) is 58.7 Å². The molecule has 0 atom stereocenters. The number of hydrogen-bond donors (Lipinski definition) is 4. The molecular weight excluding hydrogens is 324 g/mol. The summed E-state index contributed by atoms with van der Waals surface area (Å²) in [6, 6.07) is 12.4. The van der Waals surface area contributed by atoms with Gasteiger partial charge in [0.1, 0.15) is 17.9 Å². The van der Waals surface area contributed by atoms with Gasteiger partial charge in [-0.2, -0.15) is 10.2 Å². The van der Waals surface area contributed by atoms with Crippen LogP contribution in [0.3, 0.4) is 0 Å². The first-order chi connectivity index (χ1) is 12.0. The number of nitrogens with zero attached hydrogens (tertiary/aromatic N) is 2. The number of hydrazone groups is 2. The van der Waals surface area contributed by atoms with Gasteiger partial charge in [0, 0.05) is 0 Å². The summed E-state index contributed by atoms with van der Waals surface area (Å²) in [7, 11) is 0. The Morgan fingerprint density at radius 3 is 1.48 bits per heavy atom. The molecule has 2 aromatic carbocycles. The van der Waals surface area contributed by atoms with Crippen molar-refractivity contribution in [2.45, 2.75) is 6.42 Å². The van der Waals surface area contributed by atoms with Gasteiger partial charge in [-0.15, -0.1) is 0 Å². The van der Waals surface area contributed by atoms with Crippen molar-refractivity contribution < 1.29 is 19.8 Å². The molecule has 0 saturated carbocycles. The van der Waals surface area contributed by atoms with Crippen LogP contribution in [0.4, 0.5) is 0 Å². The average Bonchev–Trinajstić information content (AvgIpc) is 2.58. The van der Waals surface area contributed by atoms with Crippen molar-refractivity contribution in [1.82, 2.24) is 10.9 Å². The van der Waals surface area contributed by atoms with Gasteiger partial charge in [0.15, 0.2) is 0 Å². The van der Waals surface area contributed by atoms with Gasteiger partial charge in [0.2, 0.25) is 11.8 Å². The predicted molar refractivity (Wildman–Crippen MR) is 92.3 cm³/mol. The molecule has 2 rings (SSSR count). The Morgan fingerprint density at radius 1 is 0.760 bits per heavy atom. The highest BCUT2D eigenvalue weighted by molar-refractivity contribution is 5.97. The maximum Gasteiger partial charge on any atom is 0.249 e. The van der Waals surface area contributed by atoms with Gasteiger partial charge in [-0.05, 0) is 59.7 Å². The van der Waals surface area contributed by atoms with Crippen molar-refractivity contribution in [3.05, 3.63) is 59.7 Å². The maximum atomic E-state index is 11.6. The first-order valence-electron chi connectivity index (χ1n) is 7.25. The molecule has 25 heavy (non-hydrogen) atoms. The van der Waals surface area contributed by atoms with Crippen molar-refractivity contribution in [3.63, 3.8) is 0 Å². The van der Waals surface area contributed by atoms with E-state index in [1.54, 1.807) is 24.3 Å². The Labute approximate surface area is 143 Å². The van der Waals surface area contributed by atoms with E-state index in [1.165, 1.54) is 36.7 Å². The lowest BCUT2D eigenvalue weighted by atomic mass is 10.2. The normalized spacial score (nSPS) is 10.9.